The summed E-state index contributed by atoms with van der Waals surface area (Å²) in [6, 6.07) is 0.391. The molecule has 0 aromatic carbocycles. The number of carbonyl (C=O) groups is 1. The van der Waals surface area contributed by atoms with Gasteiger partial charge in [0, 0.05) is 19.2 Å². The van der Waals surface area contributed by atoms with E-state index >= 15 is 0 Å². The highest BCUT2D eigenvalue weighted by atomic mass is 32.2. The van der Waals surface area contributed by atoms with Crippen LogP contribution in [-0.2, 0) is 4.79 Å². The fraction of sp³-hybridized carbons (Fsp3) is 0.900. The van der Waals surface area contributed by atoms with E-state index in [2.05, 4.69) is 0 Å². The third-order valence-electron chi connectivity index (χ3n) is 2.66. The third kappa shape index (κ3) is 3.17. The van der Waals surface area contributed by atoms with E-state index < -0.39 is 0 Å². The maximum atomic E-state index is 11.7. The molecular weight excluding hydrogens is 198 g/mol. The zero-order valence-corrected chi connectivity index (χ0v) is 9.55. The zero-order valence-electron chi connectivity index (χ0n) is 8.74. The molecule has 1 fully saturated rings. The van der Waals surface area contributed by atoms with E-state index in [9.17, 15) is 4.79 Å². The predicted molar refractivity (Wildman–Crippen MR) is 59.4 cm³/mol. The molecule has 0 aliphatic carbocycles. The lowest BCUT2D eigenvalue weighted by Crippen LogP contribution is -2.36. The molecule has 1 saturated heterocycles. The largest absolute Gasteiger partial charge is 0.396 e. The van der Waals surface area contributed by atoms with Crippen molar-refractivity contribution in [3.05, 3.63) is 0 Å². The van der Waals surface area contributed by atoms with Gasteiger partial charge in [0.15, 0.2) is 0 Å². The number of amides is 1. The Labute approximate surface area is 89.9 Å². The summed E-state index contributed by atoms with van der Waals surface area (Å²) in [6.07, 6.45) is 5.96. The zero-order chi connectivity index (χ0) is 10.4. The van der Waals surface area contributed by atoms with Crippen LogP contribution in [0.5, 0.6) is 0 Å². The van der Waals surface area contributed by atoms with Gasteiger partial charge < -0.3 is 10.0 Å². The Morgan fingerprint density at radius 1 is 1.64 bits per heavy atom. The van der Waals surface area contributed by atoms with Gasteiger partial charge in [-0.15, -0.1) is 0 Å². The smallest absolute Gasteiger partial charge is 0.232 e. The second kappa shape index (κ2) is 6.30. The highest BCUT2D eigenvalue weighted by Gasteiger charge is 2.27. The number of hydrogen-bond acceptors (Lipinski definition) is 3. The first kappa shape index (κ1) is 11.9. The first-order valence-corrected chi connectivity index (χ1v) is 6.58. The van der Waals surface area contributed by atoms with Crippen LogP contribution in [0.3, 0.4) is 0 Å². The Morgan fingerprint density at radius 3 is 3.07 bits per heavy atom. The molecule has 0 bridgehead atoms. The Hall–Kier alpha value is -0.220. The van der Waals surface area contributed by atoms with E-state index in [1.54, 1.807) is 11.8 Å². The van der Waals surface area contributed by atoms with Gasteiger partial charge in [0.1, 0.15) is 0 Å². The van der Waals surface area contributed by atoms with Crippen molar-refractivity contribution >= 4 is 17.7 Å². The standard InChI is InChI=1S/C10H19NO2S/c1-14-8-10(13)11-6-2-4-9(11)5-3-7-12/h9,12H,2-8H2,1H3. The van der Waals surface area contributed by atoms with Crippen molar-refractivity contribution in [1.29, 1.82) is 0 Å². The van der Waals surface area contributed by atoms with Crippen LogP contribution in [0, 0.1) is 0 Å². The van der Waals surface area contributed by atoms with Crippen molar-refractivity contribution in [2.24, 2.45) is 0 Å². The summed E-state index contributed by atoms with van der Waals surface area (Å²) >= 11 is 1.58. The van der Waals surface area contributed by atoms with E-state index in [-0.39, 0.29) is 12.5 Å². The van der Waals surface area contributed by atoms with Crippen molar-refractivity contribution < 1.29 is 9.90 Å². The Kier molecular flexibility index (Phi) is 5.33. The molecule has 1 aliphatic heterocycles. The number of nitrogens with zero attached hydrogens (tertiary/aromatic N) is 1. The first-order valence-electron chi connectivity index (χ1n) is 5.19. The highest BCUT2D eigenvalue weighted by molar-refractivity contribution is 7.99. The van der Waals surface area contributed by atoms with Crippen LogP contribution in [0.25, 0.3) is 0 Å². The molecule has 1 N–H and O–H groups in total. The van der Waals surface area contributed by atoms with Gasteiger partial charge in [0.25, 0.3) is 0 Å². The molecule has 1 unspecified atom stereocenters. The second-order valence-electron chi connectivity index (χ2n) is 3.68. The van der Waals surface area contributed by atoms with Crippen LogP contribution >= 0.6 is 11.8 Å². The van der Waals surface area contributed by atoms with Crippen molar-refractivity contribution in [1.82, 2.24) is 4.90 Å². The lowest BCUT2D eigenvalue weighted by Gasteiger charge is -2.24. The maximum Gasteiger partial charge on any atom is 0.232 e. The van der Waals surface area contributed by atoms with Gasteiger partial charge in [-0.2, -0.15) is 11.8 Å². The van der Waals surface area contributed by atoms with Crippen molar-refractivity contribution in [3.8, 4) is 0 Å². The normalized spacial score (nSPS) is 21.6. The fourth-order valence-electron chi connectivity index (χ4n) is 2.00. The number of hydrogen-bond donors (Lipinski definition) is 1. The van der Waals surface area contributed by atoms with Crippen LogP contribution in [0.1, 0.15) is 25.7 Å². The van der Waals surface area contributed by atoms with Gasteiger partial charge in [-0.1, -0.05) is 0 Å². The van der Waals surface area contributed by atoms with Gasteiger partial charge in [0.05, 0.1) is 5.75 Å². The monoisotopic (exact) mass is 217 g/mol. The number of aliphatic hydroxyl groups is 1. The molecule has 1 rings (SSSR count). The minimum Gasteiger partial charge on any atom is -0.396 e. The van der Waals surface area contributed by atoms with Crippen molar-refractivity contribution in [2.75, 3.05) is 25.2 Å². The predicted octanol–water partition coefficient (Wildman–Crippen LogP) is 1.11. The van der Waals surface area contributed by atoms with Crippen molar-refractivity contribution in [2.45, 2.75) is 31.7 Å². The number of thioether (sulfide) groups is 1. The summed E-state index contributed by atoms with van der Waals surface area (Å²) in [7, 11) is 0. The molecule has 0 aromatic heterocycles. The van der Waals surface area contributed by atoms with E-state index in [0.717, 1.165) is 32.2 Å². The van der Waals surface area contributed by atoms with E-state index in [1.165, 1.54) is 0 Å². The lowest BCUT2D eigenvalue weighted by atomic mass is 10.1. The minimum atomic E-state index is 0.237. The van der Waals surface area contributed by atoms with Crippen LogP contribution in [-0.4, -0.2) is 47.1 Å². The quantitative estimate of drug-likeness (QED) is 0.750. The fourth-order valence-corrected chi connectivity index (χ4v) is 2.41. The molecule has 1 aliphatic rings. The average Bonchev–Trinajstić information content (AvgIpc) is 2.63. The maximum absolute atomic E-state index is 11.7. The van der Waals surface area contributed by atoms with E-state index in [1.807, 2.05) is 11.2 Å². The van der Waals surface area contributed by atoms with Crippen LogP contribution < -0.4 is 0 Å². The van der Waals surface area contributed by atoms with Gasteiger partial charge in [-0.25, -0.2) is 0 Å². The summed E-state index contributed by atoms with van der Waals surface area (Å²) in [6.45, 7) is 1.15. The molecule has 0 spiro atoms. The molecule has 0 aromatic rings. The summed E-state index contributed by atoms with van der Waals surface area (Å²) < 4.78 is 0. The van der Waals surface area contributed by atoms with E-state index in [4.69, 9.17) is 5.11 Å². The molecule has 14 heavy (non-hydrogen) atoms. The van der Waals surface area contributed by atoms with Crippen LogP contribution in [0.4, 0.5) is 0 Å². The van der Waals surface area contributed by atoms with Crippen LogP contribution in [0.2, 0.25) is 0 Å². The molecule has 0 saturated carbocycles. The first-order chi connectivity index (χ1) is 6.79. The molecule has 1 heterocycles. The van der Waals surface area contributed by atoms with Crippen LogP contribution in [0.15, 0.2) is 0 Å². The van der Waals surface area contributed by atoms with Gasteiger partial charge in [0.2, 0.25) is 5.91 Å². The molecule has 82 valence electrons. The Balaban J connectivity index is 2.38. The van der Waals surface area contributed by atoms with Gasteiger partial charge in [-0.3, -0.25) is 4.79 Å². The Morgan fingerprint density at radius 2 is 2.43 bits per heavy atom. The molecule has 0 radical (unpaired) electrons. The highest BCUT2D eigenvalue weighted by Crippen LogP contribution is 2.21. The number of likely N-dealkylation sites (tertiary alicyclic amines) is 1. The molecule has 1 atom stereocenters. The summed E-state index contributed by atoms with van der Waals surface area (Å²) in [5.41, 5.74) is 0. The topological polar surface area (TPSA) is 40.5 Å². The van der Waals surface area contributed by atoms with Gasteiger partial charge >= 0.3 is 0 Å². The summed E-state index contributed by atoms with van der Waals surface area (Å²) in [5, 5.41) is 8.75. The third-order valence-corrected chi connectivity index (χ3v) is 3.20. The average molecular weight is 217 g/mol. The number of carbonyl (C=O) groups excluding carboxylic acids is 1. The lowest BCUT2D eigenvalue weighted by molar-refractivity contribution is -0.129. The van der Waals surface area contributed by atoms with E-state index in [0.29, 0.717) is 11.8 Å². The molecule has 4 heteroatoms. The SMILES string of the molecule is CSCC(=O)N1CCCC1CCCO. The second-order valence-corrected chi connectivity index (χ2v) is 4.55. The van der Waals surface area contributed by atoms with Gasteiger partial charge in [-0.05, 0) is 31.9 Å². The van der Waals surface area contributed by atoms with Crippen molar-refractivity contribution in [3.63, 3.8) is 0 Å². The summed E-state index contributed by atoms with van der Waals surface area (Å²) in [4.78, 5) is 13.7. The molecule has 3 nitrogen and oxygen atoms in total. The Bertz CT molecular complexity index is 187. The number of aliphatic hydroxyl groups excluding tert-OH is 1. The molecule has 1 amide bonds. The summed E-state index contributed by atoms with van der Waals surface area (Å²) in [5.74, 6) is 0.855. The number of rotatable bonds is 5. The molecular formula is C10H19NO2S. The minimum absolute atomic E-state index is 0.237.